The van der Waals surface area contributed by atoms with Crippen LogP contribution in [0.1, 0.15) is 59.8 Å². The minimum Gasteiger partial charge on any atom is -0.509 e. The number of aliphatic hydroxyl groups is 2. The molecule has 4 nitrogen and oxygen atoms in total. The number of hydrogen-bond acceptors (Lipinski definition) is 4. The SMILES string of the molecule is COC1CCC(=O)C(CC2C(/C(C)=C\CC=C(C)C)=CCC2(C)O)=C1O. The van der Waals surface area contributed by atoms with Crippen LogP contribution >= 0.6 is 0 Å². The number of carbonyl (C=O) groups excluding carboxylic acids is 1. The van der Waals surface area contributed by atoms with E-state index in [1.165, 1.54) is 5.57 Å². The highest BCUT2D eigenvalue weighted by Crippen LogP contribution is 2.44. The number of ether oxygens (including phenoxy) is 1. The van der Waals surface area contributed by atoms with Gasteiger partial charge in [0, 0.05) is 25.0 Å². The molecule has 3 atom stereocenters. The molecule has 0 aromatic heterocycles. The fraction of sp³-hybridized carbons (Fsp3) is 0.591. The van der Waals surface area contributed by atoms with Gasteiger partial charge in [0.2, 0.25) is 0 Å². The third-order valence-electron chi connectivity index (χ3n) is 5.54. The van der Waals surface area contributed by atoms with Crippen LogP contribution in [0.5, 0.6) is 0 Å². The second-order valence-electron chi connectivity index (χ2n) is 7.93. The van der Waals surface area contributed by atoms with Crippen molar-refractivity contribution in [2.45, 2.75) is 71.5 Å². The Morgan fingerprint density at radius 2 is 2.04 bits per heavy atom. The standard InChI is InChI=1S/C22H32O4/c1-14(2)7-6-8-15(3)16-11-12-22(4,25)18(16)13-17-19(23)9-10-20(26-5)21(17)24/h7-8,11,18,20,24-25H,6,9-10,12-13H2,1-5H3/b15-8-. The smallest absolute Gasteiger partial charge is 0.162 e. The summed E-state index contributed by atoms with van der Waals surface area (Å²) in [4.78, 5) is 12.4. The number of aliphatic hydroxyl groups excluding tert-OH is 1. The Labute approximate surface area is 156 Å². The van der Waals surface area contributed by atoms with Crippen LogP contribution in [0.15, 0.2) is 46.3 Å². The van der Waals surface area contributed by atoms with Crippen LogP contribution in [0.4, 0.5) is 0 Å². The van der Waals surface area contributed by atoms with Crippen LogP contribution in [0.25, 0.3) is 0 Å². The van der Waals surface area contributed by atoms with Crippen LogP contribution in [0.3, 0.4) is 0 Å². The molecule has 2 N–H and O–H groups in total. The Morgan fingerprint density at radius 3 is 2.65 bits per heavy atom. The van der Waals surface area contributed by atoms with Crippen LogP contribution in [-0.4, -0.2) is 34.8 Å². The van der Waals surface area contributed by atoms with E-state index >= 15 is 0 Å². The van der Waals surface area contributed by atoms with E-state index in [-0.39, 0.29) is 17.5 Å². The summed E-state index contributed by atoms with van der Waals surface area (Å²) in [5.74, 6) is -0.205. The molecule has 0 amide bonds. The van der Waals surface area contributed by atoms with E-state index in [2.05, 4.69) is 32.1 Å². The van der Waals surface area contributed by atoms with Crippen molar-refractivity contribution in [3.63, 3.8) is 0 Å². The zero-order chi connectivity index (χ0) is 19.5. The summed E-state index contributed by atoms with van der Waals surface area (Å²) < 4.78 is 5.29. The maximum Gasteiger partial charge on any atom is 0.162 e. The van der Waals surface area contributed by atoms with Crippen molar-refractivity contribution < 1.29 is 19.7 Å². The first kappa shape index (κ1) is 20.7. The number of methoxy groups -OCH3 is 1. The molecule has 0 spiro atoms. The molecular weight excluding hydrogens is 328 g/mol. The van der Waals surface area contributed by atoms with Gasteiger partial charge in [0.25, 0.3) is 0 Å². The van der Waals surface area contributed by atoms with Gasteiger partial charge in [-0.05, 0) is 59.0 Å². The highest BCUT2D eigenvalue weighted by molar-refractivity contribution is 5.97. The van der Waals surface area contributed by atoms with Crippen molar-refractivity contribution in [2.24, 2.45) is 5.92 Å². The average Bonchev–Trinajstić information content (AvgIpc) is 2.86. The minimum absolute atomic E-state index is 0.0379. The van der Waals surface area contributed by atoms with E-state index in [1.807, 2.05) is 13.8 Å². The predicted octanol–water partition coefficient (Wildman–Crippen LogP) is 4.57. The van der Waals surface area contributed by atoms with Crippen molar-refractivity contribution in [1.82, 2.24) is 0 Å². The summed E-state index contributed by atoms with van der Waals surface area (Å²) in [6.45, 7) is 8.00. The second kappa shape index (κ2) is 8.36. The van der Waals surface area contributed by atoms with Gasteiger partial charge in [0.1, 0.15) is 11.9 Å². The van der Waals surface area contributed by atoms with E-state index in [9.17, 15) is 15.0 Å². The molecule has 2 rings (SSSR count). The number of rotatable bonds is 6. The third kappa shape index (κ3) is 4.54. The quantitative estimate of drug-likeness (QED) is 0.681. The number of carbonyl (C=O) groups is 1. The van der Waals surface area contributed by atoms with Crippen molar-refractivity contribution >= 4 is 5.78 Å². The summed E-state index contributed by atoms with van der Waals surface area (Å²) in [7, 11) is 1.54. The summed E-state index contributed by atoms with van der Waals surface area (Å²) in [5.41, 5.74) is 2.96. The van der Waals surface area contributed by atoms with Crippen LogP contribution in [-0.2, 0) is 9.53 Å². The molecule has 144 valence electrons. The molecule has 3 unspecified atom stereocenters. The Morgan fingerprint density at radius 1 is 1.35 bits per heavy atom. The summed E-state index contributed by atoms with van der Waals surface area (Å²) in [6.07, 6.45) is 8.59. The topological polar surface area (TPSA) is 66.8 Å². The lowest BCUT2D eigenvalue weighted by Gasteiger charge is -2.31. The third-order valence-corrected chi connectivity index (χ3v) is 5.54. The zero-order valence-corrected chi connectivity index (χ0v) is 16.6. The van der Waals surface area contributed by atoms with Crippen molar-refractivity contribution in [2.75, 3.05) is 7.11 Å². The van der Waals surface area contributed by atoms with E-state index in [1.54, 1.807) is 7.11 Å². The monoisotopic (exact) mass is 360 g/mol. The van der Waals surface area contributed by atoms with Gasteiger partial charge >= 0.3 is 0 Å². The Hall–Kier alpha value is -1.65. The zero-order valence-electron chi connectivity index (χ0n) is 16.6. The van der Waals surface area contributed by atoms with Crippen molar-refractivity contribution in [1.29, 1.82) is 0 Å². The first-order valence-electron chi connectivity index (χ1n) is 9.38. The predicted molar refractivity (Wildman–Crippen MR) is 104 cm³/mol. The van der Waals surface area contributed by atoms with Gasteiger partial charge in [-0.3, -0.25) is 4.79 Å². The lowest BCUT2D eigenvalue weighted by atomic mass is 9.78. The van der Waals surface area contributed by atoms with E-state index in [0.717, 1.165) is 17.6 Å². The van der Waals surface area contributed by atoms with Gasteiger partial charge in [-0.1, -0.05) is 29.4 Å². The molecule has 0 fully saturated rings. The van der Waals surface area contributed by atoms with Gasteiger partial charge in [0.15, 0.2) is 5.78 Å². The van der Waals surface area contributed by atoms with Crippen LogP contribution in [0, 0.1) is 5.92 Å². The van der Waals surface area contributed by atoms with Gasteiger partial charge in [-0.2, -0.15) is 0 Å². The van der Waals surface area contributed by atoms with E-state index in [0.29, 0.717) is 31.3 Å². The molecule has 2 aliphatic rings. The first-order chi connectivity index (χ1) is 12.2. The first-order valence-corrected chi connectivity index (χ1v) is 9.38. The number of hydrogen-bond donors (Lipinski definition) is 2. The summed E-state index contributed by atoms with van der Waals surface area (Å²) in [6, 6.07) is 0. The summed E-state index contributed by atoms with van der Waals surface area (Å²) >= 11 is 0. The molecule has 2 aliphatic carbocycles. The molecule has 0 saturated heterocycles. The molecule has 0 radical (unpaired) electrons. The maximum atomic E-state index is 12.4. The molecule has 0 saturated carbocycles. The molecule has 4 heteroatoms. The fourth-order valence-electron chi connectivity index (χ4n) is 3.83. The molecule has 0 bridgehead atoms. The van der Waals surface area contributed by atoms with Gasteiger partial charge in [-0.25, -0.2) is 0 Å². The van der Waals surface area contributed by atoms with Gasteiger partial charge in [-0.15, -0.1) is 0 Å². The number of allylic oxidation sites excluding steroid dienone is 5. The normalized spacial score (nSPS) is 29.8. The molecule has 0 heterocycles. The Balaban J connectivity index is 2.28. The Kier molecular flexibility index (Phi) is 6.64. The Bertz CT molecular complexity index is 672. The molecule has 0 aromatic rings. The van der Waals surface area contributed by atoms with E-state index in [4.69, 9.17) is 4.74 Å². The molecule has 26 heavy (non-hydrogen) atoms. The molecular formula is C22H32O4. The number of Topliss-reactive ketones (excluding diaryl/α,β-unsaturated/α-hetero) is 1. The molecule has 0 aromatic carbocycles. The average molecular weight is 360 g/mol. The van der Waals surface area contributed by atoms with Gasteiger partial charge < -0.3 is 14.9 Å². The minimum atomic E-state index is -0.922. The van der Waals surface area contributed by atoms with Crippen molar-refractivity contribution in [3.8, 4) is 0 Å². The van der Waals surface area contributed by atoms with Crippen LogP contribution < -0.4 is 0 Å². The molecule has 0 aliphatic heterocycles. The van der Waals surface area contributed by atoms with E-state index < -0.39 is 11.7 Å². The summed E-state index contributed by atoms with van der Waals surface area (Å²) in [5, 5.41) is 21.3. The maximum absolute atomic E-state index is 12.4. The second-order valence-corrected chi connectivity index (χ2v) is 7.93. The highest BCUT2D eigenvalue weighted by atomic mass is 16.5. The highest BCUT2D eigenvalue weighted by Gasteiger charge is 2.41. The number of ketones is 1. The van der Waals surface area contributed by atoms with Crippen LogP contribution in [0.2, 0.25) is 0 Å². The lowest BCUT2D eigenvalue weighted by Crippen LogP contribution is -2.34. The largest absolute Gasteiger partial charge is 0.509 e. The lowest BCUT2D eigenvalue weighted by molar-refractivity contribution is -0.118. The van der Waals surface area contributed by atoms with Gasteiger partial charge in [0.05, 0.1) is 5.60 Å². The fourth-order valence-corrected chi connectivity index (χ4v) is 3.83. The van der Waals surface area contributed by atoms with Crippen molar-refractivity contribution in [3.05, 3.63) is 46.3 Å².